The van der Waals surface area contributed by atoms with Gasteiger partial charge in [0, 0.05) is 31.5 Å². The lowest BCUT2D eigenvalue weighted by Crippen LogP contribution is -2.57. The summed E-state index contributed by atoms with van der Waals surface area (Å²) in [7, 11) is 0. The third-order valence-corrected chi connectivity index (χ3v) is 3.69. The van der Waals surface area contributed by atoms with Crippen LogP contribution in [0.1, 0.15) is 46.6 Å². The number of hydrogen-bond donors (Lipinski definition) is 1. The van der Waals surface area contributed by atoms with E-state index in [9.17, 15) is 0 Å². The summed E-state index contributed by atoms with van der Waals surface area (Å²) in [5.74, 6) is 0.772. The maximum Gasteiger partial charge on any atom is 0.225 e. The molecule has 1 aliphatic heterocycles. The summed E-state index contributed by atoms with van der Waals surface area (Å²) in [6, 6.07) is 0.181. The minimum atomic E-state index is -0.200. The normalized spacial score (nSPS) is 22.1. The molecule has 2 N–H and O–H groups in total. The highest BCUT2D eigenvalue weighted by molar-refractivity contribution is 5.33. The van der Waals surface area contributed by atoms with Crippen LogP contribution >= 0.6 is 0 Å². The van der Waals surface area contributed by atoms with Crippen molar-refractivity contribution in [1.82, 2.24) is 9.97 Å². The molecule has 0 bridgehead atoms. The smallest absolute Gasteiger partial charge is 0.225 e. The van der Waals surface area contributed by atoms with E-state index >= 15 is 0 Å². The van der Waals surface area contributed by atoms with Crippen LogP contribution in [0.3, 0.4) is 0 Å². The van der Waals surface area contributed by atoms with Crippen LogP contribution in [0, 0.1) is 0 Å². The van der Waals surface area contributed by atoms with Gasteiger partial charge in [-0.05, 0) is 46.1 Å². The van der Waals surface area contributed by atoms with Crippen molar-refractivity contribution in [2.24, 2.45) is 5.73 Å². The predicted molar refractivity (Wildman–Crippen MR) is 85.5 cm³/mol. The van der Waals surface area contributed by atoms with Crippen molar-refractivity contribution < 1.29 is 4.74 Å². The molecule has 5 nitrogen and oxygen atoms in total. The average molecular weight is 292 g/mol. The number of morpholine rings is 1. The third kappa shape index (κ3) is 4.38. The first-order valence-electron chi connectivity index (χ1n) is 7.72. The molecule has 1 aromatic rings. The van der Waals surface area contributed by atoms with Crippen LogP contribution in [0.5, 0.6) is 0 Å². The van der Waals surface area contributed by atoms with Crippen LogP contribution < -0.4 is 10.6 Å². The summed E-state index contributed by atoms with van der Waals surface area (Å²) < 4.78 is 6.09. The van der Waals surface area contributed by atoms with Crippen molar-refractivity contribution >= 4 is 5.95 Å². The van der Waals surface area contributed by atoms with Gasteiger partial charge >= 0.3 is 0 Å². The van der Waals surface area contributed by atoms with Gasteiger partial charge in [0.1, 0.15) is 0 Å². The minimum absolute atomic E-state index is 0.181. The molecule has 0 aromatic carbocycles. The topological polar surface area (TPSA) is 64.3 Å². The van der Waals surface area contributed by atoms with Gasteiger partial charge in [-0.15, -0.1) is 0 Å². The summed E-state index contributed by atoms with van der Waals surface area (Å²) in [5.41, 5.74) is 6.67. The van der Waals surface area contributed by atoms with Crippen LogP contribution in [0.25, 0.3) is 0 Å². The molecule has 2 heterocycles. The Morgan fingerprint density at radius 2 is 1.71 bits per heavy atom. The number of nitrogens with two attached hydrogens (primary N) is 1. The van der Waals surface area contributed by atoms with Gasteiger partial charge < -0.3 is 15.4 Å². The molecule has 0 aliphatic carbocycles. The Morgan fingerprint density at radius 3 is 2.19 bits per heavy atom. The molecule has 0 spiro atoms. The summed E-state index contributed by atoms with van der Waals surface area (Å²) >= 11 is 0. The molecule has 5 heteroatoms. The fraction of sp³-hybridized carbons (Fsp3) is 0.750. The Bertz CT molecular complexity index is 454. The highest BCUT2D eigenvalue weighted by atomic mass is 16.5. The summed E-state index contributed by atoms with van der Waals surface area (Å²) in [6.45, 7) is 12.1. The molecular formula is C16H28N4O. The summed E-state index contributed by atoms with van der Waals surface area (Å²) in [6.07, 6.45) is 5.59. The van der Waals surface area contributed by atoms with Gasteiger partial charge in [0.15, 0.2) is 0 Å². The molecule has 1 saturated heterocycles. The van der Waals surface area contributed by atoms with E-state index in [-0.39, 0.29) is 17.2 Å². The lowest BCUT2D eigenvalue weighted by atomic mass is 9.99. The maximum atomic E-state index is 6.09. The molecule has 118 valence electrons. The fourth-order valence-electron chi connectivity index (χ4n) is 2.99. The predicted octanol–water partition coefficient (Wildman–Crippen LogP) is 2.15. The monoisotopic (exact) mass is 292 g/mol. The van der Waals surface area contributed by atoms with Crippen LogP contribution in [-0.4, -0.2) is 40.3 Å². The Hall–Kier alpha value is -1.20. The van der Waals surface area contributed by atoms with Gasteiger partial charge in [-0.1, -0.05) is 6.92 Å². The van der Waals surface area contributed by atoms with Crippen LogP contribution in [0.15, 0.2) is 12.4 Å². The Kier molecular flexibility index (Phi) is 4.54. The molecule has 0 radical (unpaired) electrons. The molecule has 21 heavy (non-hydrogen) atoms. The number of ether oxygens (including phenoxy) is 1. The fourth-order valence-corrected chi connectivity index (χ4v) is 2.99. The van der Waals surface area contributed by atoms with Crippen LogP contribution in [-0.2, 0) is 11.2 Å². The van der Waals surface area contributed by atoms with Gasteiger partial charge in [-0.3, -0.25) is 0 Å². The highest BCUT2D eigenvalue weighted by Crippen LogP contribution is 2.29. The van der Waals surface area contributed by atoms with Crippen molar-refractivity contribution in [3.63, 3.8) is 0 Å². The van der Waals surface area contributed by atoms with Crippen molar-refractivity contribution in [2.45, 2.75) is 64.7 Å². The maximum absolute atomic E-state index is 6.09. The molecular weight excluding hydrogens is 264 g/mol. The molecule has 1 unspecified atom stereocenters. The second-order valence-corrected chi connectivity index (χ2v) is 7.24. The molecule has 0 amide bonds. The first-order chi connectivity index (χ1) is 9.71. The van der Waals surface area contributed by atoms with E-state index in [4.69, 9.17) is 10.5 Å². The van der Waals surface area contributed by atoms with Crippen LogP contribution in [0.4, 0.5) is 5.95 Å². The first kappa shape index (κ1) is 16.2. The largest absolute Gasteiger partial charge is 0.366 e. The van der Waals surface area contributed by atoms with Gasteiger partial charge in [0.25, 0.3) is 0 Å². The van der Waals surface area contributed by atoms with E-state index in [1.54, 1.807) is 0 Å². The van der Waals surface area contributed by atoms with Gasteiger partial charge in [-0.2, -0.15) is 0 Å². The quantitative estimate of drug-likeness (QED) is 0.921. The van der Waals surface area contributed by atoms with Gasteiger partial charge in [0.05, 0.1) is 11.2 Å². The number of anilines is 1. The van der Waals surface area contributed by atoms with Crippen LogP contribution in [0.2, 0.25) is 0 Å². The van der Waals surface area contributed by atoms with E-state index < -0.39 is 0 Å². The van der Waals surface area contributed by atoms with Gasteiger partial charge in [0.2, 0.25) is 5.95 Å². The molecule has 1 fully saturated rings. The molecule has 1 aromatic heterocycles. The summed E-state index contributed by atoms with van der Waals surface area (Å²) in [4.78, 5) is 11.3. The lowest BCUT2D eigenvalue weighted by Gasteiger charge is -2.47. The van der Waals surface area contributed by atoms with E-state index in [1.165, 1.54) is 0 Å². The third-order valence-electron chi connectivity index (χ3n) is 3.69. The number of hydrogen-bond acceptors (Lipinski definition) is 5. The van der Waals surface area contributed by atoms with E-state index in [0.29, 0.717) is 0 Å². The standard InChI is InChI=1S/C16H28N4O/c1-6-13(17)7-12-8-18-14(19-9-12)20-10-15(2,3)21-16(4,5)11-20/h8-9,13H,6-7,10-11,17H2,1-5H3. The van der Waals surface area contributed by atoms with Crippen molar-refractivity contribution in [3.8, 4) is 0 Å². The molecule has 1 atom stereocenters. The Morgan fingerprint density at radius 1 is 1.19 bits per heavy atom. The Balaban J connectivity index is 2.11. The number of rotatable bonds is 4. The Labute approximate surface area is 127 Å². The minimum Gasteiger partial charge on any atom is -0.366 e. The molecule has 0 saturated carbocycles. The zero-order chi connectivity index (χ0) is 15.7. The van der Waals surface area contributed by atoms with E-state index in [1.807, 2.05) is 12.4 Å². The average Bonchev–Trinajstić information content (AvgIpc) is 2.35. The van der Waals surface area contributed by atoms with Crippen molar-refractivity contribution in [1.29, 1.82) is 0 Å². The SMILES string of the molecule is CCC(N)Cc1cnc(N2CC(C)(C)OC(C)(C)C2)nc1. The second-order valence-electron chi connectivity index (χ2n) is 7.24. The number of nitrogens with zero attached hydrogens (tertiary/aromatic N) is 3. The second kappa shape index (κ2) is 5.89. The zero-order valence-electron chi connectivity index (χ0n) is 13.9. The summed E-state index contributed by atoms with van der Waals surface area (Å²) in [5, 5.41) is 0. The number of aromatic nitrogens is 2. The van der Waals surface area contributed by atoms with Crippen molar-refractivity contribution in [2.75, 3.05) is 18.0 Å². The van der Waals surface area contributed by atoms with Gasteiger partial charge in [-0.25, -0.2) is 9.97 Å². The lowest BCUT2D eigenvalue weighted by molar-refractivity contribution is -0.133. The molecule has 2 rings (SSSR count). The first-order valence-corrected chi connectivity index (χ1v) is 7.72. The van der Waals surface area contributed by atoms with E-state index in [0.717, 1.165) is 37.4 Å². The van der Waals surface area contributed by atoms with Crippen molar-refractivity contribution in [3.05, 3.63) is 18.0 Å². The highest BCUT2D eigenvalue weighted by Gasteiger charge is 2.39. The van der Waals surface area contributed by atoms with E-state index in [2.05, 4.69) is 49.5 Å². The molecule has 1 aliphatic rings. The zero-order valence-corrected chi connectivity index (χ0v) is 13.9.